The van der Waals surface area contributed by atoms with Crippen LogP contribution in [0, 0.1) is 0 Å². The SMILES string of the molecule is CCCN(CCC)c1ccc(C(=O)NCc2ccccc2Cl)nc1. The molecule has 24 heavy (non-hydrogen) atoms. The quantitative estimate of drug-likeness (QED) is 0.776. The van der Waals surface area contributed by atoms with Crippen LogP contribution in [0.15, 0.2) is 42.6 Å². The lowest BCUT2D eigenvalue weighted by Crippen LogP contribution is -2.26. The number of hydrogen-bond acceptors (Lipinski definition) is 3. The summed E-state index contributed by atoms with van der Waals surface area (Å²) in [6.07, 6.45) is 3.94. The smallest absolute Gasteiger partial charge is 0.270 e. The van der Waals surface area contributed by atoms with Crippen LogP contribution in [-0.2, 0) is 6.54 Å². The van der Waals surface area contributed by atoms with E-state index < -0.39 is 0 Å². The Morgan fingerprint density at radius 2 is 1.83 bits per heavy atom. The fraction of sp³-hybridized carbons (Fsp3) is 0.368. The van der Waals surface area contributed by atoms with Crippen molar-refractivity contribution in [3.8, 4) is 0 Å². The minimum atomic E-state index is -0.195. The summed E-state index contributed by atoms with van der Waals surface area (Å²) in [6, 6.07) is 11.2. The molecule has 4 nitrogen and oxygen atoms in total. The number of hydrogen-bond donors (Lipinski definition) is 1. The van der Waals surface area contributed by atoms with E-state index >= 15 is 0 Å². The minimum absolute atomic E-state index is 0.195. The Balaban J connectivity index is 1.99. The Morgan fingerprint density at radius 1 is 1.12 bits per heavy atom. The zero-order valence-electron chi connectivity index (χ0n) is 14.3. The molecule has 0 spiro atoms. The average Bonchev–Trinajstić information content (AvgIpc) is 2.61. The number of pyridine rings is 1. The molecule has 0 aliphatic carbocycles. The highest BCUT2D eigenvalue weighted by atomic mass is 35.5. The van der Waals surface area contributed by atoms with Gasteiger partial charge in [0.15, 0.2) is 0 Å². The van der Waals surface area contributed by atoms with Crippen molar-refractivity contribution in [2.75, 3.05) is 18.0 Å². The summed E-state index contributed by atoms with van der Waals surface area (Å²) in [5, 5.41) is 3.50. The molecule has 0 saturated heterocycles. The summed E-state index contributed by atoms with van der Waals surface area (Å²) in [7, 11) is 0. The van der Waals surface area contributed by atoms with Gasteiger partial charge in [0.1, 0.15) is 5.69 Å². The van der Waals surface area contributed by atoms with Crippen molar-refractivity contribution in [3.05, 3.63) is 58.9 Å². The average molecular weight is 346 g/mol. The minimum Gasteiger partial charge on any atom is -0.370 e. The third-order valence-electron chi connectivity index (χ3n) is 3.73. The first-order valence-corrected chi connectivity index (χ1v) is 8.76. The van der Waals surface area contributed by atoms with Crippen molar-refractivity contribution in [1.82, 2.24) is 10.3 Å². The highest BCUT2D eigenvalue weighted by molar-refractivity contribution is 6.31. The second kappa shape index (κ2) is 9.28. The number of carbonyl (C=O) groups is 1. The number of anilines is 1. The molecular weight excluding hydrogens is 322 g/mol. The van der Waals surface area contributed by atoms with E-state index in [1.165, 1.54) is 0 Å². The van der Waals surface area contributed by atoms with Gasteiger partial charge < -0.3 is 10.2 Å². The van der Waals surface area contributed by atoms with E-state index in [1.54, 1.807) is 12.3 Å². The third kappa shape index (κ3) is 4.96. The van der Waals surface area contributed by atoms with E-state index in [9.17, 15) is 4.79 Å². The molecule has 0 atom stereocenters. The van der Waals surface area contributed by atoms with Gasteiger partial charge in [-0.15, -0.1) is 0 Å². The summed E-state index contributed by atoms with van der Waals surface area (Å²) in [6.45, 7) is 6.69. The predicted molar refractivity (Wildman–Crippen MR) is 99.7 cm³/mol. The van der Waals surface area contributed by atoms with Crippen LogP contribution in [0.25, 0.3) is 0 Å². The zero-order valence-corrected chi connectivity index (χ0v) is 15.0. The largest absolute Gasteiger partial charge is 0.370 e. The fourth-order valence-corrected chi connectivity index (χ4v) is 2.73. The summed E-state index contributed by atoms with van der Waals surface area (Å²) >= 11 is 6.10. The lowest BCUT2D eigenvalue weighted by molar-refractivity contribution is 0.0946. The highest BCUT2D eigenvalue weighted by Gasteiger charge is 2.10. The molecule has 2 rings (SSSR count). The zero-order chi connectivity index (χ0) is 17.4. The fourth-order valence-electron chi connectivity index (χ4n) is 2.53. The lowest BCUT2D eigenvalue weighted by atomic mass is 10.2. The van der Waals surface area contributed by atoms with E-state index in [1.807, 2.05) is 30.3 Å². The van der Waals surface area contributed by atoms with Crippen LogP contribution in [0.2, 0.25) is 5.02 Å². The molecule has 2 aromatic rings. The number of carbonyl (C=O) groups excluding carboxylic acids is 1. The van der Waals surface area contributed by atoms with Crippen molar-refractivity contribution in [2.45, 2.75) is 33.2 Å². The second-order valence-electron chi connectivity index (χ2n) is 5.66. The first-order valence-electron chi connectivity index (χ1n) is 8.38. The molecule has 0 fully saturated rings. The molecule has 1 aromatic heterocycles. The number of halogens is 1. The molecule has 0 radical (unpaired) electrons. The van der Waals surface area contributed by atoms with Gasteiger partial charge in [-0.25, -0.2) is 4.98 Å². The van der Waals surface area contributed by atoms with Crippen molar-refractivity contribution < 1.29 is 4.79 Å². The molecule has 5 heteroatoms. The van der Waals surface area contributed by atoms with Gasteiger partial charge in [0.25, 0.3) is 5.91 Å². The molecule has 0 bridgehead atoms. The van der Waals surface area contributed by atoms with Gasteiger partial charge in [-0.3, -0.25) is 4.79 Å². The lowest BCUT2D eigenvalue weighted by Gasteiger charge is -2.23. The van der Waals surface area contributed by atoms with E-state index in [4.69, 9.17) is 11.6 Å². The third-order valence-corrected chi connectivity index (χ3v) is 4.10. The number of nitrogens with zero attached hydrogens (tertiary/aromatic N) is 2. The van der Waals surface area contributed by atoms with Gasteiger partial charge in [0.2, 0.25) is 0 Å². The molecule has 0 aliphatic heterocycles. The van der Waals surface area contributed by atoms with Crippen LogP contribution in [-0.4, -0.2) is 24.0 Å². The Kier molecular flexibility index (Phi) is 7.07. The van der Waals surface area contributed by atoms with Crippen LogP contribution in [0.1, 0.15) is 42.7 Å². The summed E-state index contributed by atoms with van der Waals surface area (Å²) in [5.74, 6) is -0.195. The first-order chi connectivity index (χ1) is 11.7. The van der Waals surface area contributed by atoms with Gasteiger partial charge in [-0.1, -0.05) is 43.6 Å². The Bertz CT molecular complexity index is 652. The maximum atomic E-state index is 12.2. The predicted octanol–water partition coefficient (Wildman–Crippen LogP) is 4.29. The molecular formula is C19H24ClN3O. The topological polar surface area (TPSA) is 45.2 Å². The molecule has 0 saturated carbocycles. The van der Waals surface area contributed by atoms with Crippen LogP contribution < -0.4 is 10.2 Å². The first kappa shape index (κ1) is 18.3. The summed E-state index contributed by atoms with van der Waals surface area (Å²) in [4.78, 5) is 18.8. The van der Waals surface area contributed by atoms with Crippen LogP contribution in [0.3, 0.4) is 0 Å². The highest BCUT2D eigenvalue weighted by Crippen LogP contribution is 2.16. The van der Waals surface area contributed by atoms with Gasteiger partial charge in [-0.2, -0.15) is 0 Å². The molecule has 0 aliphatic rings. The number of amides is 1. The Hall–Kier alpha value is -2.07. The number of aromatic nitrogens is 1. The van der Waals surface area contributed by atoms with Gasteiger partial charge in [0, 0.05) is 24.7 Å². The summed E-state index contributed by atoms with van der Waals surface area (Å²) < 4.78 is 0. The van der Waals surface area contributed by atoms with E-state index in [-0.39, 0.29) is 5.91 Å². The maximum absolute atomic E-state index is 12.2. The summed E-state index contributed by atoms with van der Waals surface area (Å²) in [5.41, 5.74) is 2.36. The van der Waals surface area contributed by atoms with Crippen LogP contribution in [0.5, 0.6) is 0 Å². The molecule has 1 N–H and O–H groups in total. The molecule has 128 valence electrons. The van der Waals surface area contributed by atoms with Crippen LogP contribution in [0.4, 0.5) is 5.69 Å². The Morgan fingerprint density at radius 3 is 2.42 bits per heavy atom. The van der Waals surface area contributed by atoms with Crippen LogP contribution >= 0.6 is 11.6 Å². The maximum Gasteiger partial charge on any atom is 0.270 e. The molecule has 1 aromatic carbocycles. The molecule has 1 heterocycles. The second-order valence-corrected chi connectivity index (χ2v) is 6.07. The van der Waals surface area contributed by atoms with E-state index in [0.29, 0.717) is 17.3 Å². The van der Waals surface area contributed by atoms with E-state index in [0.717, 1.165) is 37.2 Å². The van der Waals surface area contributed by atoms with Crippen molar-refractivity contribution >= 4 is 23.2 Å². The molecule has 1 amide bonds. The van der Waals surface area contributed by atoms with Gasteiger partial charge in [-0.05, 0) is 36.6 Å². The van der Waals surface area contributed by atoms with Crippen molar-refractivity contribution in [2.24, 2.45) is 0 Å². The normalized spacial score (nSPS) is 10.5. The monoisotopic (exact) mass is 345 g/mol. The van der Waals surface area contributed by atoms with E-state index in [2.05, 4.69) is 29.0 Å². The van der Waals surface area contributed by atoms with Crippen molar-refractivity contribution in [1.29, 1.82) is 0 Å². The Labute approximate surface area is 148 Å². The molecule has 0 unspecified atom stereocenters. The van der Waals surface area contributed by atoms with Crippen molar-refractivity contribution in [3.63, 3.8) is 0 Å². The number of rotatable bonds is 8. The number of benzene rings is 1. The van der Waals surface area contributed by atoms with Gasteiger partial charge >= 0.3 is 0 Å². The standard InChI is InChI=1S/C19H24ClN3O/c1-3-11-23(12-4-2)16-9-10-18(21-14-16)19(24)22-13-15-7-5-6-8-17(15)20/h5-10,14H,3-4,11-13H2,1-2H3,(H,22,24). The number of nitrogens with one attached hydrogen (secondary N) is 1. The van der Waals surface area contributed by atoms with Gasteiger partial charge in [0.05, 0.1) is 11.9 Å².